The normalized spacial score (nSPS) is 13.0. The van der Waals surface area contributed by atoms with Crippen molar-refractivity contribution in [1.29, 1.82) is 0 Å². The Balaban J connectivity index is -0.0000000806. The van der Waals surface area contributed by atoms with Crippen molar-refractivity contribution in [2.75, 3.05) is 327 Å². The summed E-state index contributed by atoms with van der Waals surface area (Å²) in [7, 11) is 29.4. The molecule has 5 atom stereocenters. The first-order valence-corrected chi connectivity index (χ1v) is 49.5. The van der Waals surface area contributed by atoms with Crippen LogP contribution in [0.4, 0.5) is 65.9 Å². The van der Waals surface area contributed by atoms with Crippen LogP contribution < -0.4 is 0 Å². The van der Waals surface area contributed by atoms with Gasteiger partial charge in [0, 0.05) is 188 Å². The topological polar surface area (TPSA) is 258 Å². The molecule has 0 amide bonds. The van der Waals surface area contributed by atoms with Gasteiger partial charge in [-0.25, -0.2) is 17.6 Å². The molecule has 5 unspecified atom stereocenters. The SMILES string of the molecule is CC.CC(C)(C)C.CCCCC(CC)COCCOC.CCCCOCC(C)OC.CCCCOCCOC.CCOC.CCOCCOC.CCOCCOCCOC.COC(C)C.COC(C)COC(C)(C)C.COCC(C)OC.COCC(F)(F)C(F)(F)C(F)(F)C(F)F.COCC(F)(F)C(F)F.COCC(F)(F)F.COCC1CCCO1.COCCC(C)(C)OC.COCCOC.COCCOC(C)(C)C. The van der Waals surface area contributed by atoms with Crippen LogP contribution in [0.15, 0.2) is 0 Å². The Morgan fingerprint density at radius 2 is 0.669 bits per heavy atom. The number of hydrogen-bond donors (Lipinski definition) is 0. The zero-order valence-corrected chi connectivity index (χ0v) is 99.5. The number of halogens is 15. The highest BCUT2D eigenvalue weighted by atomic mass is 19.4. The molecule has 28 nitrogen and oxygen atoms in total. The van der Waals surface area contributed by atoms with E-state index in [0.29, 0.717) is 117 Å². The summed E-state index contributed by atoms with van der Waals surface area (Å²) in [6.07, 6.45) is 1.89. The monoisotopic (exact) mass is 2180 g/mol. The Morgan fingerprint density at radius 3 is 0.945 bits per heavy atom. The molecule has 1 fully saturated rings. The number of hydrogen-bond acceptors (Lipinski definition) is 28. The summed E-state index contributed by atoms with van der Waals surface area (Å²) < 4.78 is 311. The fraction of sp³-hybridized carbons (Fsp3) is 1.00. The van der Waals surface area contributed by atoms with E-state index in [1.165, 1.54) is 51.4 Å². The molecule has 1 aliphatic rings. The first-order valence-electron chi connectivity index (χ1n) is 49.5. The van der Waals surface area contributed by atoms with Gasteiger partial charge in [-0.2, -0.15) is 48.3 Å². The average Bonchev–Trinajstić information content (AvgIpc) is 0.979. The molecular weight excluding hydrogens is 1960 g/mol. The molecule has 1 saturated heterocycles. The van der Waals surface area contributed by atoms with E-state index in [9.17, 15) is 65.9 Å². The minimum absolute atomic E-state index is 0.0292. The summed E-state index contributed by atoms with van der Waals surface area (Å²) in [5.41, 5.74) is 0.390. The quantitative estimate of drug-likeness (QED) is 0.0405. The molecule has 0 spiro atoms. The van der Waals surface area contributed by atoms with Gasteiger partial charge in [-0.1, -0.05) is 101 Å². The predicted molar refractivity (Wildman–Crippen MR) is 553 cm³/mol. The number of unbranched alkanes of at least 4 members (excludes halogenated alkanes) is 3. The summed E-state index contributed by atoms with van der Waals surface area (Å²) in [5, 5.41) is 0. The zero-order valence-electron chi connectivity index (χ0n) is 99.5. The molecule has 1 aliphatic heterocycles. The maximum Gasteiger partial charge on any atom is 0.411 e. The van der Waals surface area contributed by atoms with Gasteiger partial charge in [0.1, 0.15) is 19.8 Å². The highest BCUT2D eigenvalue weighted by Crippen LogP contribution is 2.48. The Bertz CT molecular complexity index is 2170. The number of methoxy groups -OCH3 is 19. The first-order chi connectivity index (χ1) is 67.4. The van der Waals surface area contributed by atoms with Gasteiger partial charge in [0.05, 0.1) is 166 Å². The van der Waals surface area contributed by atoms with Gasteiger partial charge in [0.25, 0.3) is 0 Å². The molecule has 0 N–H and O–H groups in total. The van der Waals surface area contributed by atoms with E-state index in [0.717, 1.165) is 119 Å². The lowest BCUT2D eigenvalue weighted by molar-refractivity contribution is -0.344. The molecule has 0 aliphatic carbocycles. The largest absolute Gasteiger partial charge is 0.411 e. The van der Waals surface area contributed by atoms with Crippen LogP contribution in [0.1, 0.15) is 251 Å². The van der Waals surface area contributed by atoms with Gasteiger partial charge in [-0.05, 0) is 161 Å². The third-order valence-corrected chi connectivity index (χ3v) is 15.8. The molecule has 0 aromatic heterocycles. The lowest BCUT2D eigenvalue weighted by atomic mass is 10.0. The molecule has 1 rings (SSSR count). The predicted octanol–water partition coefficient (Wildman–Crippen LogP) is 24.3. The smallest absolute Gasteiger partial charge is 0.385 e. The first kappa shape index (κ1) is 181. The van der Waals surface area contributed by atoms with Crippen molar-refractivity contribution in [3.8, 4) is 0 Å². The van der Waals surface area contributed by atoms with Crippen LogP contribution in [0.5, 0.6) is 0 Å². The second-order valence-corrected chi connectivity index (χ2v) is 34.7. The minimum atomic E-state index is -6.18. The Hall–Kier alpha value is -2.17. The van der Waals surface area contributed by atoms with Crippen LogP contribution in [0.3, 0.4) is 0 Å². The van der Waals surface area contributed by atoms with Crippen LogP contribution >= 0.6 is 0 Å². The van der Waals surface area contributed by atoms with E-state index in [4.69, 9.17) is 104 Å². The molecule has 0 saturated carbocycles. The van der Waals surface area contributed by atoms with Crippen molar-refractivity contribution in [2.45, 2.75) is 341 Å². The van der Waals surface area contributed by atoms with Crippen molar-refractivity contribution in [3.05, 3.63) is 0 Å². The molecule has 0 radical (unpaired) electrons. The molecule has 43 heteroatoms. The summed E-state index contributed by atoms with van der Waals surface area (Å²) in [6.45, 7) is 68.4. The van der Waals surface area contributed by atoms with Crippen LogP contribution in [-0.2, 0) is 133 Å². The molecule has 904 valence electrons. The number of ether oxygens (including phenoxy) is 28. The highest BCUT2D eigenvalue weighted by Gasteiger charge is 2.75. The van der Waals surface area contributed by atoms with Crippen molar-refractivity contribution < 1.29 is 198 Å². The zero-order chi connectivity index (χ0) is 117. The minimum Gasteiger partial charge on any atom is -0.385 e. The lowest BCUT2D eigenvalue weighted by Gasteiger charge is -2.31. The Labute approximate surface area is 873 Å². The average molecular weight is 2180 g/mol. The van der Waals surface area contributed by atoms with E-state index < -0.39 is 62.5 Å². The van der Waals surface area contributed by atoms with E-state index in [2.05, 4.69) is 83.8 Å². The van der Waals surface area contributed by atoms with E-state index in [1.807, 2.05) is 125 Å². The molecule has 1 heterocycles. The van der Waals surface area contributed by atoms with Crippen LogP contribution in [-0.4, -0.2) is 417 Å². The maximum absolute atomic E-state index is 12.4. The third-order valence-electron chi connectivity index (χ3n) is 15.8. The number of rotatable bonds is 61. The Kier molecular flexibility index (Phi) is 170. The van der Waals surface area contributed by atoms with Gasteiger partial charge >= 0.3 is 42.7 Å². The molecule has 0 bridgehead atoms. The summed E-state index contributed by atoms with van der Waals surface area (Å²) >= 11 is 0. The third kappa shape index (κ3) is 193. The molecule has 0 aromatic carbocycles. The van der Waals surface area contributed by atoms with Gasteiger partial charge in [0.2, 0.25) is 0 Å². The van der Waals surface area contributed by atoms with Gasteiger partial charge in [-0.3, -0.25) is 0 Å². The van der Waals surface area contributed by atoms with Gasteiger partial charge in [0.15, 0.2) is 0 Å². The van der Waals surface area contributed by atoms with Crippen molar-refractivity contribution in [1.82, 2.24) is 0 Å². The highest BCUT2D eigenvalue weighted by molar-refractivity contribution is 4.97. The Morgan fingerprint density at radius 1 is 0.331 bits per heavy atom. The fourth-order valence-electron chi connectivity index (χ4n) is 6.96. The maximum atomic E-state index is 12.4. The van der Waals surface area contributed by atoms with E-state index in [1.54, 1.807) is 114 Å². The van der Waals surface area contributed by atoms with E-state index in [-0.39, 0.29) is 35.1 Å². The van der Waals surface area contributed by atoms with Crippen LogP contribution in [0.25, 0.3) is 0 Å². The molecule has 145 heavy (non-hydrogen) atoms. The summed E-state index contributed by atoms with van der Waals surface area (Å²) in [4.78, 5) is 0. The second kappa shape index (κ2) is 136. The van der Waals surface area contributed by atoms with Gasteiger partial charge < -0.3 is 133 Å². The summed E-state index contributed by atoms with van der Waals surface area (Å²) in [6, 6.07) is 0. The number of alkyl halides is 15. The standard InChI is InChI=1S/C11H24O2.2C8H18O2.C7H16O3.3C7H16O2.C6H6F8O.C6H12O2.2C5H12O2.C5H12.C4H6F4O.C4H10O2.C4H10O.C3H5F3O.C3H8O.C2H6/c1-4-6-7-11(5-2)10-13-9-8-12-3;1-7(9-5)6-10-8(2,3)4;1-4-5-6-10-7-8(2)9-3;1-3-9-6-7-10-5-4-8-2;1-7(2,9-4)5-6-8-3;1-7(2,3)9-6-5-8-4;1-3-4-5-9-7-6-8-2;1-15-2-4(9,10)6(13,14)5(11,12)3(7)8;1-7-5-6-3-2-4-8-6;1-5(7-3)4-6-2;1-3-7-5-4-6-2;1-5(2,3)4;1-9-2-4(7,8)3(5)6;1-5-3-4-6-2;1-4(2)5-3;1-7-2-3(4,5)6;1-3-4-2;1-2/h11H,4-10H2,1-3H3;7H,6H2,1-5H3;8H,4-7H2,1-3H3;3-7H2,1-2H3;2*5-6H2,1-4H3;3-7H2,1-2H3;3H,2H2,1H3;6H,2-5H2,1H3;5H,4H2,1-3H3;3-5H2,1-2H3;1-4H3;3H,2H2,1H3;3-4H2,1-2H3;4H,1-3H3;2H2,1H3;3H2,1-2H3;1-2H3. The van der Waals surface area contributed by atoms with Crippen molar-refractivity contribution in [2.24, 2.45) is 11.3 Å². The summed E-state index contributed by atoms with van der Waals surface area (Å²) in [5.74, 6) is -20.9. The second-order valence-electron chi connectivity index (χ2n) is 34.7. The van der Waals surface area contributed by atoms with Gasteiger partial charge in [-0.15, -0.1) is 0 Å². The van der Waals surface area contributed by atoms with Crippen LogP contribution in [0.2, 0.25) is 0 Å². The molecular formula is C102H223F15O28. The van der Waals surface area contributed by atoms with Crippen molar-refractivity contribution in [3.63, 3.8) is 0 Å². The lowest BCUT2D eigenvalue weighted by Crippen LogP contribution is -2.59. The van der Waals surface area contributed by atoms with Crippen molar-refractivity contribution >= 4 is 0 Å². The molecule has 0 aromatic rings. The van der Waals surface area contributed by atoms with Crippen LogP contribution in [0, 0.1) is 11.3 Å². The van der Waals surface area contributed by atoms with E-state index >= 15 is 0 Å². The fourth-order valence-corrected chi connectivity index (χ4v) is 6.96.